The predicted molar refractivity (Wildman–Crippen MR) is 124 cm³/mol. The first-order valence-electron chi connectivity index (χ1n) is 10.3. The maximum Gasteiger partial charge on any atom is 0.265 e. The molecule has 32 heavy (non-hydrogen) atoms. The summed E-state index contributed by atoms with van der Waals surface area (Å²) in [5.74, 6) is -0.136. The lowest BCUT2D eigenvalue weighted by molar-refractivity contribution is 0.0561. The highest BCUT2D eigenvalue weighted by atomic mass is 35.5. The number of hydrogen-bond acceptors (Lipinski definition) is 6. The van der Waals surface area contributed by atoms with E-state index >= 15 is 0 Å². The number of nitrogens with one attached hydrogen (secondary N) is 1. The first-order chi connectivity index (χ1) is 15.5. The standard InChI is InChI=1S/C23H19ClN4O3S/c24-18-8-7-17(32-18)21(29)26-16-5-3-4-15-20(16)23(31)28(22(15)30)14-9-12-27(13-10-14)19-6-1-2-11-25-19/h1-8,11,14H,9-10,12-13H2,(H,26,29). The smallest absolute Gasteiger partial charge is 0.265 e. The average Bonchev–Trinajstić information content (AvgIpc) is 3.36. The fourth-order valence-corrected chi connectivity index (χ4v) is 5.19. The molecule has 1 N–H and O–H groups in total. The van der Waals surface area contributed by atoms with Crippen LogP contribution >= 0.6 is 22.9 Å². The third kappa shape index (κ3) is 3.65. The van der Waals surface area contributed by atoms with E-state index in [0.29, 0.717) is 46.4 Å². The number of piperidine rings is 1. The van der Waals surface area contributed by atoms with Crippen molar-refractivity contribution >= 4 is 52.2 Å². The zero-order valence-electron chi connectivity index (χ0n) is 17.0. The van der Waals surface area contributed by atoms with E-state index < -0.39 is 0 Å². The van der Waals surface area contributed by atoms with Crippen LogP contribution in [0, 0.1) is 0 Å². The van der Waals surface area contributed by atoms with Gasteiger partial charge in [0.05, 0.1) is 26.0 Å². The molecular weight excluding hydrogens is 448 g/mol. The van der Waals surface area contributed by atoms with Crippen molar-refractivity contribution in [3.8, 4) is 0 Å². The highest BCUT2D eigenvalue weighted by Crippen LogP contribution is 2.34. The Kier molecular flexibility index (Phi) is 5.40. The van der Waals surface area contributed by atoms with Crippen LogP contribution in [0.2, 0.25) is 4.34 Å². The minimum atomic E-state index is -0.363. The van der Waals surface area contributed by atoms with Crippen molar-refractivity contribution in [1.82, 2.24) is 9.88 Å². The summed E-state index contributed by atoms with van der Waals surface area (Å²) in [5.41, 5.74) is 0.911. The van der Waals surface area contributed by atoms with E-state index in [2.05, 4.69) is 15.2 Å². The Morgan fingerprint density at radius 2 is 1.84 bits per heavy atom. The molecule has 1 saturated heterocycles. The van der Waals surface area contributed by atoms with Gasteiger partial charge in [-0.25, -0.2) is 4.98 Å². The lowest BCUT2D eigenvalue weighted by Gasteiger charge is -2.36. The van der Waals surface area contributed by atoms with Crippen LogP contribution in [0.1, 0.15) is 43.2 Å². The maximum absolute atomic E-state index is 13.3. The van der Waals surface area contributed by atoms with Crippen LogP contribution in [-0.2, 0) is 0 Å². The number of aromatic nitrogens is 1. The average molecular weight is 467 g/mol. The molecule has 3 amide bonds. The van der Waals surface area contributed by atoms with Crippen LogP contribution < -0.4 is 10.2 Å². The SMILES string of the molecule is O=C(Nc1cccc2c1C(=O)N(C1CCN(c3ccccn3)CC1)C2=O)c1ccc(Cl)s1. The summed E-state index contributed by atoms with van der Waals surface area (Å²) in [6.07, 6.45) is 3.08. The number of anilines is 2. The number of hydrogen-bond donors (Lipinski definition) is 1. The molecule has 4 heterocycles. The summed E-state index contributed by atoms with van der Waals surface area (Å²) in [5, 5.41) is 2.77. The Bertz CT molecular complexity index is 1200. The topological polar surface area (TPSA) is 82.6 Å². The van der Waals surface area contributed by atoms with E-state index in [1.54, 1.807) is 36.5 Å². The van der Waals surface area contributed by atoms with E-state index in [-0.39, 0.29) is 29.3 Å². The molecule has 0 atom stereocenters. The van der Waals surface area contributed by atoms with E-state index in [4.69, 9.17) is 11.6 Å². The van der Waals surface area contributed by atoms with E-state index in [1.165, 1.54) is 4.90 Å². The molecule has 0 unspecified atom stereocenters. The lowest BCUT2D eigenvalue weighted by Crippen LogP contribution is -2.47. The zero-order valence-corrected chi connectivity index (χ0v) is 18.5. The highest BCUT2D eigenvalue weighted by molar-refractivity contribution is 7.18. The quantitative estimate of drug-likeness (QED) is 0.579. The summed E-state index contributed by atoms with van der Waals surface area (Å²) in [4.78, 5) is 47.4. The van der Waals surface area contributed by atoms with Gasteiger partial charge in [-0.05, 0) is 49.2 Å². The van der Waals surface area contributed by atoms with Gasteiger partial charge >= 0.3 is 0 Å². The second-order valence-electron chi connectivity index (χ2n) is 7.67. The largest absolute Gasteiger partial charge is 0.356 e. The van der Waals surface area contributed by atoms with Crippen LogP contribution in [-0.4, -0.2) is 46.7 Å². The van der Waals surface area contributed by atoms with Crippen LogP contribution in [0.15, 0.2) is 54.7 Å². The number of imide groups is 1. The van der Waals surface area contributed by atoms with Crippen molar-refractivity contribution in [2.45, 2.75) is 18.9 Å². The summed E-state index contributed by atoms with van der Waals surface area (Å²) >= 11 is 7.08. The highest BCUT2D eigenvalue weighted by Gasteiger charge is 2.42. The molecule has 2 aliphatic rings. The van der Waals surface area contributed by atoms with Gasteiger partial charge in [-0.15, -0.1) is 11.3 Å². The molecule has 5 rings (SSSR count). The molecule has 162 valence electrons. The molecular formula is C23H19ClN4O3S. The minimum Gasteiger partial charge on any atom is -0.356 e. The zero-order chi connectivity index (χ0) is 22.2. The number of carbonyl (C=O) groups excluding carboxylic acids is 3. The van der Waals surface area contributed by atoms with Gasteiger partial charge in [-0.3, -0.25) is 19.3 Å². The number of thiophene rings is 1. The predicted octanol–water partition coefficient (Wildman–Crippen LogP) is 4.31. The molecule has 2 aliphatic heterocycles. The van der Waals surface area contributed by atoms with Crippen LogP contribution in [0.4, 0.5) is 11.5 Å². The molecule has 1 fully saturated rings. The third-order valence-corrected chi connectivity index (χ3v) is 7.02. The molecule has 0 radical (unpaired) electrons. The number of amides is 3. The van der Waals surface area contributed by atoms with Crippen LogP contribution in [0.3, 0.4) is 0 Å². The Labute approximate surface area is 193 Å². The van der Waals surface area contributed by atoms with Crippen molar-refractivity contribution in [1.29, 1.82) is 0 Å². The molecule has 0 saturated carbocycles. The van der Waals surface area contributed by atoms with Gasteiger partial charge in [0.2, 0.25) is 0 Å². The van der Waals surface area contributed by atoms with Gasteiger partial charge < -0.3 is 10.2 Å². The van der Waals surface area contributed by atoms with Crippen molar-refractivity contribution < 1.29 is 14.4 Å². The maximum atomic E-state index is 13.3. The molecule has 0 aliphatic carbocycles. The number of carbonyl (C=O) groups is 3. The number of fused-ring (bicyclic) bond motifs is 1. The van der Waals surface area contributed by atoms with Crippen LogP contribution in [0.25, 0.3) is 0 Å². The minimum absolute atomic E-state index is 0.193. The van der Waals surface area contributed by atoms with E-state index in [9.17, 15) is 14.4 Å². The Morgan fingerprint density at radius 3 is 2.53 bits per heavy atom. The molecule has 0 bridgehead atoms. The lowest BCUT2D eigenvalue weighted by atomic mass is 10.0. The fourth-order valence-electron chi connectivity index (χ4n) is 4.25. The van der Waals surface area contributed by atoms with Gasteiger partial charge in [0.25, 0.3) is 17.7 Å². The van der Waals surface area contributed by atoms with Crippen molar-refractivity contribution in [2.24, 2.45) is 0 Å². The number of halogens is 1. The number of nitrogens with zero attached hydrogens (tertiary/aromatic N) is 3. The van der Waals surface area contributed by atoms with Crippen molar-refractivity contribution in [2.75, 3.05) is 23.3 Å². The van der Waals surface area contributed by atoms with Gasteiger partial charge in [-0.1, -0.05) is 23.7 Å². The first kappa shape index (κ1) is 20.7. The first-order valence-corrected chi connectivity index (χ1v) is 11.5. The Balaban J connectivity index is 1.34. The monoisotopic (exact) mass is 466 g/mol. The van der Waals surface area contributed by atoms with Gasteiger partial charge in [0.15, 0.2) is 0 Å². The van der Waals surface area contributed by atoms with Crippen molar-refractivity contribution in [3.05, 3.63) is 75.1 Å². The molecule has 7 nitrogen and oxygen atoms in total. The number of benzene rings is 1. The Hall–Kier alpha value is -3.23. The Morgan fingerprint density at radius 1 is 1.03 bits per heavy atom. The second kappa shape index (κ2) is 8.37. The molecule has 3 aromatic rings. The second-order valence-corrected chi connectivity index (χ2v) is 9.39. The molecule has 9 heteroatoms. The van der Waals surface area contributed by atoms with Gasteiger partial charge in [0, 0.05) is 25.3 Å². The van der Waals surface area contributed by atoms with E-state index in [1.807, 2.05) is 18.2 Å². The molecule has 2 aromatic heterocycles. The molecule has 0 spiro atoms. The number of pyridine rings is 1. The number of rotatable bonds is 4. The summed E-state index contributed by atoms with van der Waals surface area (Å²) in [7, 11) is 0. The summed E-state index contributed by atoms with van der Waals surface area (Å²) in [6.45, 7) is 1.41. The molecule has 1 aromatic carbocycles. The fraction of sp³-hybridized carbons (Fsp3) is 0.217. The van der Waals surface area contributed by atoms with Gasteiger partial charge in [-0.2, -0.15) is 0 Å². The normalized spacial score (nSPS) is 16.4. The summed E-state index contributed by atoms with van der Waals surface area (Å²) < 4.78 is 0.503. The van der Waals surface area contributed by atoms with E-state index in [0.717, 1.165) is 17.2 Å². The third-order valence-electron chi connectivity index (χ3n) is 5.79. The van der Waals surface area contributed by atoms with Crippen LogP contribution in [0.5, 0.6) is 0 Å². The van der Waals surface area contributed by atoms with Crippen molar-refractivity contribution in [3.63, 3.8) is 0 Å². The summed E-state index contributed by atoms with van der Waals surface area (Å²) in [6, 6.07) is 13.8. The van der Waals surface area contributed by atoms with Gasteiger partial charge in [0.1, 0.15) is 5.82 Å².